The van der Waals surface area contributed by atoms with Gasteiger partial charge in [0.1, 0.15) is 35.1 Å². The van der Waals surface area contributed by atoms with E-state index in [1.807, 2.05) is 0 Å². The molecule has 0 radical (unpaired) electrons. The molecule has 0 bridgehead atoms. The normalized spacial score (nSPS) is 24.7. The summed E-state index contributed by atoms with van der Waals surface area (Å²) in [4.78, 5) is 39.9. The number of nitrogens with two attached hydrogens (primary N) is 1. The van der Waals surface area contributed by atoms with E-state index in [1.165, 1.54) is 35.2 Å². The summed E-state index contributed by atoms with van der Waals surface area (Å²) in [6, 6.07) is 5.44. The maximum atomic E-state index is 13.1. The van der Waals surface area contributed by atoms with Crippen molar-refractivity contribution in [2.45, 2.75) is 75.5 Å². The van der Waals surface area contributed by atoms with Crippen LogP contribution in [-0.4, -0.2) is 84.1 Å². The third-order valence-corrected chi connectivity index (χ3v) is 8.09. The maximum absolute atomic E-state index is 13.1. The molecule has 2 unspecified atom stereocenters. The third kappa shape index (κ3) is 6.01. The van der Waals surface area contributed by atoms with E-state index in [0.29, 0.717) is 48.2 Å². The number of aliphatic hydroxyl groups is 2. The van der Waals surface area contributed by atoms with Crippen LogP contribution in [0.15, 0.2) is 30.6 Å². The van der Waals surface area contributed by atoms with Crippen LogP contribution in [0.3, 0.4) is 0 Å². The standard InChI is InChI=1S/C28H34FN7O6/c29-16-4-8-18(9-5-16)41-28(40)35-12-10-15(11-13-35)2-1-3-19-33-24(30)20-25(34-19)36(14-31-20)27-22(38)21(37)23(42-27)26(39)32-17-6-7-17/h4-5,8-9,14-15,17,21-23,27,37-38H,1-3,6-7,10-13H2,(H,32,39)(H2,30,33,34)/t21-,22+,23?,27?/m1/s1. The Bertz CT molecular complexity index is 1440. The van der Waals surface area contributed by atoms with Gasteiger partial charge in [0.2, 0.25) is 0 Å². The molecule has 14 heteroatoms. The fraction of sp³-hybridized carbons (Fsp3) is 0.536. The zero-order valence-corrected chi connectivity index (χ0v) is 22.9. The number of nitrogens with one attached hydrogen (secondary N) is 1. The van der Waals surface area contributed by atoms with Gasteiger partial charge in [0.25, 0.3) is 5.91 Å². The first-order valence-electron chi connectivity index (χ1n) is 14.3. The van der Waals surface area contributed by atoms with Crippen molar-refractivity contribution in [1.29, 1.82) is 0 Å². The van der Waals surface area contributed by atoms with Gasteiger partial charge in [-0.05, 0) is 68.7 Å². The van der Waals surface area contributed by atoms with Crippen molar-refractivity contribution in [3.05, 3.63) is 42.2 Å². The number of aliphatic hydroxyl groups excluding tert-OH is 2. The van der Waals surface area contributed by atoms with Crippen molar-refractivity contribution >= 4 is 29.0 Å². The number of ether oxygens (including phenoxy) is 2. The largest absolute Gasteiger partial charge is 0.415 e. The zero-order chi connectivity index (χ0) is 29.4. The predicted octanol–water partition coefficient (Wildman–Crippen LogP) is 1.68. The van der Waals surface area contributed by atoms with Crippen LogP contribution in [0, 0.1) is 11.7 Å². The number of benzene rings is 1. The van der Waals surface area contributed by atoms with E-state index in [-0.39, 0.29) is 11.9 Å². The number of anilines is 1. The summed E-state index contributed by atoms with van der Waals surface area (Å²) in [5, 5.41) is 24.0. The molecule has 2 saturated heterocycles. The Morgan fingerprint density at radius 1 is 1.10 bits per heavy atom. The summed E-state index contributed by atoms with van der Waals surface area (Å²) in [7, 11) is 0. The van der Waals surface area contributed by atoms with Crippen molar-refractivity contribution in [3.8, 4) is 5.75 Å². The molecule has 4 heterocycles. The van der Waals surface area contributed by atoms with E-state index in [0.717, 1.165) is 38.5 Å². The number of rotatable bonds is 8. The SMILES string of the molecule is Nc1nc(CCCC2CCN(C(=O)Oc3ccc(F)cc3)CC2)nc2c1ncn2C1OC(C(=O)NC2CC2)[C@H](O)[C@@H]1O. The van der Waals surface area contributed by atoms with Crippen molar-refractivity contribution < 1.29 is 33.7 Å². The van der Waals surface area contributed by atoms with Crippen LogP contribution in [0.4, 0.5) is 15.0 Å². The van der Waals surface area contributed by atoms with E-state index < -0.39 is 42.4 Å². The Kier molecular flexibility index (Phi) is 7.92. The second-order valence-electron chi connectivity index (χ2n) is 11.2. The van der Waals surface area contributed by atoms with Gasteiger partial charge in [-0.3, -0.25) is 9.36 Å². The lowest BCUT2D eigenvalue weighted by molar-refractivity contribution is -0.137. The maximum Gasteiger partial charge on any atom is 0.415 e. The molecule has 3 aromatic rings. The molecule has 1 saturated carbocycles. The minimum absolute atomic E-state index is 0.0885. The number of nitrogen functional groups attached to an aromatic ring is 1. The molecule has 6 rings (SSSR count). The number of aromatic nitrogens is 4. The Morgan fingerprint density at radius 2 is 1.83 bits per heavy atom. The molecule has 3 aliphatic rings. The summed E-state index contributed by atoms with van der Waals surface area (Å²) in [6.07, 6.45) is 1.65. The topological polar surface area (TPSA) is 178 Å². The summed E-state index contributed by atoms with van der Waals surface area (Å²) < 4.78 is 25.7. The van der Waals surface area contributed by atoms with Crippen LogP contribution in [0.2, 0.25) is 0 Å². The average Bonchev–Trinajstić information content (AvgIpc) is 3.61. The molecule has 42 heavy (non-hydrogen) atoms. The van der Waals surface area contributed by atoms with Gasteiger partial charge in [0.05, 0.1) is 6.33 Å². The number of likely N-dealkylation sites (tertiary alicyclic amines) is 1. The fourth-order valence-corrected chi connectivity index (χ4v) is 5.52. The van der Waals surface area contributed by atoms with Gasteiger partial charge >= 0.3 is 6.09 Å². The molecule has 4 atom stereocenters. The lowest BCUT2D eigenvalue weighted by Crippen LogP contribution is -2.43. The van der Waals surface area contributed by atoms with Gasteiger partial charge < -0.3 is 35.6 Å². The number of hydrogen-bond acceptors (Lipinski definition) is 10. The van der Waals surface area contributed by atoms with Crippen molar-refractivity contribution in [2.24, 2.45) is 5.92 Å². The van der Waals surface area contributed by atoms with Crippen molar-refractivity contribution in [1.82, 2.24) is 29.7 Å². The second-order valence-corrected chi connectivity index (χ2v) is 11.2. The molecule has 224 valence electrons. The molecule has 3 fully saturated rings. The Balaban J connectivity index is 1.03. The van der Waals surface area contributed by atoms with Gasteiger partial charge in [-0.1, -0.05) is 0 Å². The number of carbonyl (C=O) groups excluding carboxylic acids is 2. The highest BCUT2D eigenvalue weighted by Crippen LogP contribution is 2.33. The number of amides is 2. The highest BCUT2D eigenvalue weighted by atomic mass is 19.1. The smallest absolute Gasteiger partial charge is 0.410 e. The first-order chi connectivity index (χ1) is 20.3. The first kappa shape index (κ1) is 28.2. The predicted molar refractivity (Wildman–Crippen MR) is 146 cm³/mol. The summed E-state index contributed by atoms with van der Waals surface area (Å²) >= 11 is 0. The van der Waals surface area contributed by atoms with Gasteiger partial charge in [0, 0.05) is 25.6 Å². The monoisotopic (exact) mass is 583 g/mol. The number of fused-ring (bicyclic) bond motifs is 1. The minimum Gasteiger partial charge on any atom is -0.410 e. The molecule has 2 aromatic heterocycles. The lowest BCUT2D eigenvalue weighted by atomic mass is 9.91. The molecule has 13 nitrogen and oxygen atoms in total. The molecule has 1 aliphatic carbocycles. The third-order valence-electron chi connectivity index (χ3n) is 8.09. The van der Waals surface area contributed by atoms with Crippen LogP contribution >= 0.6 is 0 Å². The number of halogens is 1. The van der Waals surface area contributed by atoms with E-state index in [9.17, 15) is 24.2 Å². The number of nitrogens with zero attached hydrogens (tertiary/aromatic N) is 5. The number of imidazole rings is 1. The van der Waals surface area contributed by atoms with Crippen LogP contribution in [0.25, 0.3) is 11.2 Å². The lowest BCUT2D eigenvalue weighted by Gasteiger charge is -2.31. The molecule has 2 aliphatic heterocycles. The van der Waals surface area contributed by atoms with Crippen LogP contribution in [0.1, 0.15) is 50.6 Å². The quantitative estimate of drug-likeness (QED) is 0.305. The second kappa shape index (κ2) is 11.8. The van der Waals surface area contributed by atoms with E-state index in [2.05, 4.69) is 20.3 Å². The molecule has 0 spiro atoms. The van der Waals surface area contributed by atoms with Gasteiger partial charge in [0.15, 0.2) is 23.8 Å². The number of piperidine rings is 1. The average molecular weight is 584 g/mol. The Labute approximate surface area is 240 Å². The highest BCUT2D eigenvalue weighted by molar-refractivity contribution is 5.83. The molecular weight excluding hydrogens is 549 g/mol. The van der Waals surface area contributed by atoms with E-state index in [1.54, 1.807) is 4.90 Å². The highest BCUT2D eigenvalue weighted by Gasteiger charge is 2.48. The molecule has 5 N–H and O–H groups in total. The number of hydrogen-bond donors (Lipinski definition) is 4. The Hall–Kier alpha value is -3.88. The van der Waals surface area contributed by atoms with Gasteiger partial charge in [-0.15, -0.1) is 0 Å². The van der Waals surface area contributed by atoms with Gasteiger partial charge in [-0.2, -0.15) is 0 Å². The molecule has 1 aromatic carbocycles. The van der Waals surface area contributed by atoms with Crippen molar-refractivity contribution in [2.75, 3.05) is 18.8 Å². The van der Waals surface area contributed by atoms with E-state index in [4.69, 9.17) is 15.2 Å². The van der Waals surface area contributed by atoms with Crippen LogP contribution in [-0.2, 0) is 16.0 Å². The molecule has 2 amide bonds. The Morgan fingerprint density at radius 3 is 2.55 bits per heavy atom. The molecular formula is C28H34FN7O6. The summed E-state index contributed by atoms with van der Waals surface area (Å²) in [5.41, 5.74) is 6.87. The fourth-order valence-electron chi connectivity index (χ4n) is 5.52. The van der Waals surface area contributed by atoms with Gasteiger partial charge in [-0.25, -0.2) is 24.1 Å². The van der Waals surface area contributed by atoms with Crippen LogP contribution in [0.5, 0.6) is 5.75 Å². The minimum atomic E-state index is -1.40. The van der Waals surface area contributed by atoms with Crippen LogP contribution < -0.4 is 15.8 Å². The van der Waals surface area contributed by atoms with Crippen molar-refractivity contribution in [3.63, 3.8) is 0 Å². The number of aryl methyl sites for hydroxylation is 1. The first-order valence-corrected chi connectivity index (χ1v) is 14.3. The zero-order valence-electron chi connectivity index (χ0n) is 22.9. The summed E-state index contributed by atoms with van der Waals surface area (Å²) in [5.74, 6) is 0.593. The van der Waals surface area contributed by atoms with E-state index >= 15 is 0 Å². The summed E-state index contributed by atoms with van der Waals surface area (Å²) in [6.45, 7) is 1.16. The number of carbonyl (C=O) groups is 2.